The van der Waals surface area contributed by atoms with Crippen molar-refractivity contribution in [3.8, 4) is 11.4 Å². The zero-order valence-corrected chi connectivity index (χ0v) is 17.6. The topological polar surface area (TPSA) is 58.3 Å². The van der Waals surface area contributed by atoms with Crippen LogP contribution in [0.15, 0.2) is 41.1 Å². The van der Waals surface area contributed by atoms with E-state index in [1.54, 1.807) is 18.2 Å². The Morgan fingerprint density at radius 2 is 1.76 bits per heavy atom. The average Bonchev–Trinajstić information content (AvgIpc) is 3.33. The molecule has 1 aromatic carbocycles. The average molecular weight is 430 g/mol. The highest BCUT2D eigenvalue weighted by molar-refractivity contribution is 6.35. The van der Waals surface area contributed by atoms with Gasteiger partial charge in [0.15, 0.2) is 0 Å². The molecule has 0 spiro atoms. The van der Waals surface area contributed by atoms with Crippen molar-refractivity contribution in [2.75, 3.05) is 36.0 Å². The van der Waals surface area contributed by atoms with Crippen LogP contribution < -0.4 is 9.80 Å². The van der Waals surface area contributed by atoms with E-state index >= 15 is 0 Å². The summed E-state index contributed by atoms with van der Waals surface area (Å²) in [5.74, 6) is 1.73. The minimum atomic E-state index is 0.508. The molecule has 29 heavy (non-hydrogen) atoms. The van der Waals surface area contributed by atoms with Gasteiger partial charge in [-0.2, -0.15) is 4.98 Å². The number of aromatic nitrogens is 3. The molecule has 8 heteroatoms. The third kappa shape index (κ3) is 3.79. The van der Waals surface area contributed by atoms with Crippen molar-refractivity contribution in [1.82, 2.24) is 15.1 Å². The molecule has 0 bridgehead atoms. The molecule has 2 saturated heterocycles. The largest absolute Gasteiger partial charge is 0.371 e. The van der Waals surface area contributed by atoms with Crippen LogP contribution in [-0.4, -0.2) is 41.3 Å². The molecule has 5 rings (SSSR count). The van der Waals surface area contributed by atoms with Gasteiger partial charge in [0, 0.05) is 59.4 Å². The van der Waals surface area contributed by atoms with E-state index in [1.165, 1.54) is 5.69 Å². The van der Waals surface area contributed by atoms with E-state index in [-0.39, 0.29) is 0 Å². The van der Waals surface area contributed by atoms with Gasteiger partial charge in [0.1, 0.15) is 0 Å². The van der Waals surface area contributed by atoms with Crippen molar-refractivity contribution in [3.05, 3.63) is 52.3 Å². The van der Waals surface area contributed by atoms with Gasteiger partial charge in [-0.05, 0) is 55.5 Å². The van der Waals surface area contributed by atoms with Crippen molar-refractivity contribution >= 4 is 34.9 Å². The molecular formula is C21H21Cl2N5O. The van der Waals surface area contributed by atoms with E-state index < -0.39 is 0 Å². The molecule has 0 radical (unpaired) electrons. The lowest BCUT2D eigenvalue weighted by Crippen LogP contribution is -2.40. The van der Waals surface area contributed by atoms with Crippen molar-refractivity contribution in [2.45, 2.75) is 13.3 Å². The summed E-state index contributed by atoms with van der Waals surface area (Å²) in [4.78, 5) is 13.6. The van der Waals surface area contributed by atoms with Crippen LogP contribution >= 0.6 is 23.2 Å². The first kappa shape index (κ1) is 18.7. The second-order valence-electron chi connectivity index (χ2n) is 7.87. The molecule has 2 atom stereocenters. The van der Waals surface area contributed by atoms with Crippen LogP contribution in [0.4, 0.5) is 11.7 Å². The monoisotopic (exact) mass is 429 g/mol. The lowest BCUT2D eigenvalue weighted by molar-refractivity contribution is 0.349. The summed E-state index contributed by atoms with van der Waals surface area (Å²) in [6.07, 6.45) is 3.05. The van der Waals surface area contributed by atoms with E-state index in [0.29, 0.717) is 33.7 Å². The fourth-order valence-corrected chi connectivity index (χ4v) is 4.96. The van der Waals surface area contributed by atoms with Gasteiger partial charge in [0.25, 0.3) is 0 Å². The van der Waals surface area contributed by atoms with Gasteiger partial charge in [-0.3, -0.25) is 4.98 Å². The van der Waals surface area contributed by atoms with Gasteiger partial charge >= 0.3 is 6.01 Å². The first-order chi connectivity index (χ1) is 14.0. The van der Waals surface area contributed by atoms with Gasteiger partial charge in [0.05, 0.1) is 0 Å². The van der Waals surface area contributed by atoms with Crippen LogP contribution in [0.5, 0.6) is 0 Å². The zero-order chi connectivity index (χ0) is 20.0. The predicted octanol–water partition coefficient (Wildman–Crippen LogP) is 4.71. The molecule has 0 N–H and O–H groups in total. The van der Waals surface area contributed by atoms with Crippen molar-refractivity contribution < 1.29 is 4.52 Å². The van der Waals surface area contributed by atoms with E-state index in [2.05, 4.69) is 37.1 Å². The molecule has 150 valence electrons. The van der Waals surface area contributed by atoms with Crippen LogP contribution in [0.1, 0.15) is 12.1 Å². The first-order valence-corrected chi connectivity index (χ1v) is 10.5. The minimum Gasteiger partial charge on any atom is -0.371 e. The Hall–Kier alpha value is -2.31. The molecule has 2 aromatic heterocycles. The summed E-state index contributed by atoms with van der Waals surface area (Å²) < 4.78 is 5.57. The molecule has 0 aliphatic carbocycles. The number of hydrogen-bond acceptors (Lipinski definition) is 6. The molecule has 6 nitrogen and oxygen atoms in total. The first-order valence-electron chi connectivity index (χ1n) is 9.78. The smallest absolute Gasteiger partial charge is 0.324 e. The van der Waals surface area contributed by atoms with Crippen molar-refractivity contribution in [1.29, 1.82) is 0 Å². The van der Waals surface area contributed by atoms with Gasteiger partial charge in [-0.1, -0.05) is 28.4 Å². The Bertz CT molecular complexity index is 1020. The maximum Gasteiger partial charge on any atom is 0.324 e. The van der Waals surface area contributed by atoms with Gasteiger partial charge in [-0.15, -0.1) is 0 Å². The Morgan fingerprint density at radius 1 is 1.00 bits per heavy atom. The van der Waals surface area contributed by atoms with Gasteiger partial charge < -0.3 is 14.3 Å². The van der Waals surface area contributed by atoms with Crippen LogP contribution in [0, 0.1) is 18.8 Å². The predicted molar refractivity (Wildman–Crippen MR) is 115 cm³/mol. The summed E-state index contributed by atoms with van der Waals surface area (Å²) in [7, 11) is 0. The number of anilines is 2. The number of halogens is 2. The highest BCUT2D eigenvalue weighted by Crippen LogP contribution is 2.36. The molecule has 0 unspecified atom stereocenters. The molecule has 2 fully saturated rings. The molecule has 3 aromatic rings. The standard InChI is InChI=1S/C21H21Cl2N5O/c1-13-6-19(2-4-24-13)27-5-3-14-10-28(12-16(14)11-27)21-25-20(26-29-21)15-7-17(22)9-18(23)8-15/h2,4,6-9,14,16H,3,5,10-12H2,1H3/t14-,16+/m1/s1. The third-order valence-corrected chi connectivity index (χ3v) is 6.29. The SMILES string of the molecule is Cc1cc(N2CC[C@@H]3CN(c4nc(-c5cc(Cl)cc(Cl)c5)no4)C[C@@H]3C2)ccn1. The second kappa shape index (κ2) is 7.50. The Kier molecular flexibility index (Phi) is 4.84. The fourth-order valence-electron chi connectivity index (χ4n) is 4.43. The quantitative estimate of drug-likeness (QED) is 0.600. The van der Waals surface area contributed by atoms with E-state index in [9.17, 15) is 0 Å². The number of aryl methyl sites for hydroxylation is 1. The molecule has 0 amide bonds. The lowest BCUT2D eigenvalue weighted by atomic mass is 9.88. The highest BCUT2D eigenvalue weighted by Gasteiger charge is 2.39. The summed E-state index contributed by atoms with van der Waals surface area (Å²) in [5.41, 5.74) is 3.07. The normalized spacial score (nSPS) is 21.5. The Balaban J connectivity index is 1.31. The lowest BCUT2D eigenvalue weighted by Gasteiger charge is -2.35. The Labute approximate surface area is 179 Å². The second-order valence-corrected chi connectivity index (χ2v) is 8.75. The maximum atomic E-state index is 6.10. The van der Waals surface area contributed by atoms with E-state index in [4.69, 9.17) is 27.7 Å². The molecule has 0 saturated carbocycles. The number of piperidine rings is 1. The summed E-state index contributed by atoms with van der Waals surface area (Å²) in [6, 6.07) is 10.1. The van der Waals surface area contributed by atoms with Crippen LogP contribution in [0.2, 0.25) is 10.0 Å². The zero-order valence-electron chi connectivity index (χ0n) is 16.1. The summed E-state index contributed by atoms with van der Waals surface area (Å²) in [5, 5.41) is 5.25. The fraction of sp³-hybridized carbons (Fsp3) is 0.381. The summed E-state index contributed by atoms with van der Waals surface area (Å²) >= 11 is 12.2. The number of fused-ring (bicyclic) bond motifs is 1. The number of pyridine rings is 1. The van der Waals surface area contributed by atoms with E-state index in [0.717, 1.165) is 43.9 Å². The third-order valence-electron chi connectivity index (χ3n) is 5.85. The number of benzene rings is 1. The molecule has 4 heterocycles. The molecule has 2 aliphatic rings. The maximum absolute atomic E-state index is 6.10. The molecular weight excluding hydrogens is 409 g/mol. The van der Waals surface area contributed by atoms with Crippen LogP contribution in [0.3, 0.4) is 0 Å². The van der Waals surface area contributed by atoms with E-state index in [1.807, 2.05) is 13.1 Å². The highest BCUT2D eigenvalue weighted by atomic mass is 35.5. The van der Waals surface area contributed by atoms with Crippen LogP contribution in [0.25, 0.3) is 11.4 Å². The number of hydrogen-bond donors (Lipinski definition) is 0. The summed E-state index contributed by atoms with van der Waals surface area (Å²) in [6.45, 7) is 6.01. The van der Waals surface area contributed by atoms with Crippen LogP contribution in [-0.2, 0) is 0 Å². The Morgan fingerprint density at radius 3 is 2.55 bits per heavy atom. The van der Waals surface area contributed by atoms with Gasteiger partial charge in [-0.25, -0.2) is 0 Å². The van der Waals surface area contributed by atoms with Crippen molar-refractivity contribution in [2.24, 2.45) is 11.8 Å². The number of rotatable bonds is 3. The van der Waals surface area contributed by atoms with Gasteiger partial charge in [0.2, 0.25) is 5.82 Å². The molecule has 2 aliphatic heterocycles. The van der Waals surface area contributed by atoms with Crippen molar-refractivity contribution in [3.63, 3.8) is 0 Å². The minimum absolute atomic E-state index is 0.508. The number of nitrogens with zero attached hydrogens (tertiary/aromatic N) is 5.